The fraction of sp³-hybridized carbons (Fsp3) is 0.167. The molecule has 0 heterocycles. The molecule has 5 aromatic carbocycles. The summed E-state index contributed by atoms with van der Waals surface area (Å²) in [5.41, 5.74) is 6.84. The zero-order valence-electron chi connectivity index (χ0n) is 21.5. The van der Waals surface area contributed by atoms with Gasteiger partial charge in [-0.15, -0.1) is 0 Å². The molecule has 0 aliphatic carbocycles. The average Bonchev–Trinajstić information content (AvgIpc) is 2.98. The molecule has 0 aromatic heterocycles. The first-order valence-electron chi connectivity index (χ1n) is 13.1. The van der Waals surface area contributed by atoms with E-state index < -0.39 is 0 Å². The van der Waals surface area contributed by atoms with Crippen molar-refractivity contribution in [2.75, 3.05) is 0 Å². The third kappa shape index (κ3) is 10.6. The van der Waals surface area contributed by atoms with Crippen molar-refractivity contribution in [3.8, 4) is 11.1 Å². The van der Waals surface area contributed by atoms with Crippen molar-refractivity contribution in [2.45, 2.75) is 39.0 Å². The average molecular weight is 471 g/mol. The molecule has 0 spiro atoms. The van der Waals surface area contributed by atoms with Gasteiger partial charge in [-0.1, -0.05) is 165 Å². The zero-order chi connectivity index (χ0) is 25.1. The van der Waals surface area contributed by atoms with E-state index in [1.165, 1.54) is 47.1 Å². The monoisotopic (exact) mass is 470 g/mol. The Balaban J connectivity index is 0.000000153. The third-order valence-corrected chi connectivity index (χ3v) is 5.93. The van der Waals surface area contributed by atoms with Crippen molar-refractivity contribution >= 4 is 0 Å². The summed E-state index contributed by atoms with van der Waals surface area (Å²) in [6.45, 7) is 2.23. The minimum atomic E-state index is 1.13. The van der Waals surface area contributed by atoms with E-state index in [-0.39, 0.29) is 0 Å². The molecule has 0 nitrogen and oxygen atoms in total. The van der Waals surface area contributed by atoms with Crippen LogP contribution >= 0.6 is 0 Å². The van der Waals surface area contributed by atoms with Crippen LogP contribution < -0.4 is 0 Å². The van der Waals surface area contributed by atoms with Gasteiger partial charge in [0.1, 0.15) is 0 Å². The molecule has 0 aliphatic rings. The second kappa shape index (κ2) is 16.7. The van der Waals surface area contributed by atoms with E-state index in [1.54, 1.807) is 0 Å². The lowest BCUT2D eigenvalue weighted by molar-refractivity contribution is 0.795. The topological polar surface area (TPSA) is 0 Å². The molecule has 36 heavy (non-hydrogen) atoms. The lowest BCUT2D eigenvalue weighted by atomic mass is 10.0. The van der Waals surface area contributed by atoms with Gasteiger partial charge in [0, 0.05) is 0 Å². The molecule has 0 heteroatoms. The van der Waals surface area contributed by atoms with Crippen LogP contribution in [0, 0.1) is 0 Å². The normalized spacial score (nSPS) is 9.81. The molecule has 0 atom stereocenters. The molecule has 0 radical (unpaired) electrons. The minimum Gasteiger partial charge on any atom is -0.0654 e. The van der Waals surface area contributed by atoms with E-state index in [0.29, 0.717) is 0 Å². The van der Waals surface area contributed by atoms with E-state index in [4.69, 9.17) is 0 Å². The lowest BCUT2D eigenvalue weighted by Gasteiger charge is -2.01. The van der Waals surface area contributed by atoms with Crippen molar-refractivity contribution in [3.63, 3.8) is 0 Å². The summed E-state index contributed by atoms with van der Waals surface area (Å²) in [5.74, 6) is 0. The van der Waals surface area contributed by atoms with Crippen molar-refractivity contribution in [2.24, 2.45) is 0 Å². The highest BCUT2D eigenvalue weighted by Gasteiger charge is 1.94. The van der Waals surface area contributed by atoms with Crippen molar-refractivity contribution < 1.29 is 0 Å². The van der Waals surface area contributed by atoms with Crippen molar-refractivity contribution in [1.29, 1.82) is 0 Å². The van der Waals surface area contributed by atoms with Crippen LogP contribution in [0.15, 0.2) is 152 Å². The number of aryl methyl sites for hydroxylation is 3. The predicted molar refractivity (Wildman–Crippen MR) is 157 cm³/mol. The Kier molecular flexibility index (Phi) is 12.4. The van der Waals surface area contributed by atoms with Gasteiger partial charge in [-0.05, 0) is 53.5 Å². The first-order valence-corrected chi connectivity index (χ1v) is 13.1. The highest BCUT2D eigenvalue weighted by Crippen LogP contribution is 2.17. The molecule has 0 amide bonds. The lowest BCUT2D eigenvalue weighted by Crippen LogP contribution is -1.89. The maximum Gasteiger partial charge on any atom is -0.0184 e. The van der Waals surface area contributed by atoms with E-state index in [0.717, 1.165) is 12.8 Å². The van der Waals surface area contributed by atoms with E-state index in [1.807, 2.05) is 12.1 Å². The van der Waals surface area contributed by atoms with Crippen LogP contribution in [0.5, 0.6) is 0 Å². The van der Waals surface area contributed by atoms with Crippen LogP contribution in [0.3, 0.4) is 0 Å². The first-order chi connectivity index (χ1) is 17.8. The van der Waals surface area contributed by atoms with Crippen LogP contribution in [0.25, 0.3) is 11.1 Å². The van der Waals surface area contributed by atoms with Crippen molar-refractivity contribution in [1.82, 2.24) is 0 Å². The summed E-state index contributed by atoms with van der Waals surface area (Å²) in [7, 11) is 0. The quantitative estimate of drug-likeness (QED) is 0.222. The Hall–Kier alpha value is -3.90. The van der Waals surface area contributed by atoms with Crippen LogP contribution in [0.4, 0.5) is 0 Å². The Morgan fingerprint density at radius 2 is 0.611 bits per heavy atom. The maximum atomic E-state index is 2.23. The second-order valence-electron chi connectivity index (χ2n) is 8.79. The second-order valence-corrected chi connectivity index (χ2v) is 8.79. The Morgan fingerprint density at radius 1 is 0.333 bits per heavy atom. The molecular weight excluding hydrogens is 432 g/mol. The van der Waals surface area contributed by atoms with E-state index >= 15 is 0 Å². The van der Waals surface area contributed by atoms with Crippen LogP contribution in [0.2, 0.25) is 0 Å². The number of rotatable bonds is 7. The molecule has 0 unspecified atom stereocenters. The number of unbranched alkanes of at least 4 members (excludes halogenated alkanes) is 1. The largest absolute Gasteiger partial charge is 0.0654 e. The molecule has 5 aromatic rings. The minimum absolute atomic E-state index is 1.13. The zero-order valence-corrected chi connectivity index (χ0v) is 21.5. The summed E-state index contributed by atoms with van der Waals surface area (Å²) in [6.07, 6.45) is 6.09. The predicted octanol–water partition coefficient (Wildman–Crippen LogP) is 9.85. The Morgan fingerprint density at radius 3 is 0.917 bits per heavy atom. The molecule has 0 saturated heterocycles. The molecule has 5 rings (SSSR count). The van der Waals surface area contributed by atoms with Gasteiger partial charge >= 0.3 is 0 Å². The van der Waals surface area contributed by atoms with Gasteiger partial charge < -0.3 is 0 Å². The van der Waals surface area contributed by atoms with Gasteiger partial charge in [0.15, 0.2) is 0 Å². The van der Waals surface area contributed by atoms with Gasteiger partial charge in [0.2, 0.25) is 0 Å². The molecule has 0 aliphatic heterocycles. The molecule has 0 fully saturated rings. The summed E-state index contributed by atoms with van der Waals surface area (Å²) in [6, 6.07) is 52.7. The Labute approximate surface area is 218 Å². The molecular formula is C36H38. The fourth-order valence-corrected chi connectivity index (χ4v) is 3.86. The SMILES string of the molecule is CCCCc1ccccc1.c1ccc(-c2ccccc2)cc1.c1ccc(CCc2ccccc2)cc1. The fourth-order valence-electron chi connectivity index (χ4n) is 3.86. The van der Waals surface area contributed by atoms with Gasteiger partial charge in [-0.3, -0.25) is 0 Å². The van der Waals surface area contributed by atoms with Crippen LogP contribution in [-0.4, -0.2) is 0 Å². The van der Waals surface area contributed by atoms with E-state index in [9.17, 15) is 0 Å². The first kappa shape index (κ1) is 26.7. The van der Waals surface area contributed by atoms with Crippen LogP contribution in [-0.2, 0) is 19.3 Å². The summed E-state index contributed by atoms with van der Waals surface area (Å²) >= 11 is 0. The highest BCUT2D eigenvalue weighted by atomic mass is 14.0. The maximum absolute atomic E-state index is 2.23. The Bertz CT molecular complexity index is 1090. The summed E-state index contributed by atoms with van der Waals surface area (Å²) in [4.78, 5) is 0. The number of hydrogen-bond donors (Lipinski definition) is 0. The standard InChI is InChI=1S/C14H14.C12H10.C10H14/c1-3-7-13(8-4-1)11-12-14-9-5-2-6-10-14;1-3-7-11(8-4-1)12-9-5-2-6-10-12;1-2-3-7-10-8-5-4-6-9-10/h1-10H,11-12H2;1-10H;4-6,8-9H,2-3,7H2,1H3. The van der Waals surface area contributed by atoms with Crippen LogP contribution in [0.1, 0.15) is 36.5 Å². The number of hydrogen-bond acceptors (Lipinski definition) is 0. The highest BCUT2D eigenvalue weighted by molar-refractivity contribution is 5.62. The molecule has 0 saturated carbocycles. The third-order valence-electron chi connectivity index (χ3n) is 5.93. The molecule has 0 N–H and O–H groups in total. The van der Waals surface area contributed by atoms with Gasteiger partial charge in [0.05, 0.1) is 0 Å². The summed E-state index contributed by atoms with van der Waals surface area (Å²) < 4.78 is 0. The smallest absolute Gasteiger partial charge is 0.0184 e. The van der Waals surface area contributed by atoms with Gasteiger partial charge in [-0.2, -0.15) is 0 Å². The van der Waals surface area contributed by atoms with Gasteiger partial charge in [0.25, 0.3) is 0 Å². The van der Waals surface area contributed by atoms with Crippen molar-refractivity contribution in [3.05, 3.63) is 168 Å². The van der Waals surface area contributed by atoms with Gasteiger partial charge in [-0.25, -0.2) is 0 Å². The molecule has 182 valence electrons. The van der Waals surface area contributed by atoms with E-state index in [2.05, 4.69) is 146 Å². The summed E-state index contributed by atoms with van der Waals surface area (Å²) in [5, 5.41) is 0. The number of benzene rings is 5. The molecule has 0 bridgehead atoms.